The molecule has 0 amide bonds. The number of rotatable bonds is 3. The molecule has 2 aromatic heterocycles. The number of benzene rings is 1. The van der Waals surface area contributed by atoms with Crippen molar-refractivity contribution in [3.8, 4) is 11.5 Å². The van der Waals surface area contributed by atoms with Gasteiger partial charge in [0.05, 0.1) is 5.52 Å². The maximum Gasteiger partial charge on any atom is 0.231 e. The Morgan fingerprint density at radius 2 is 1.90 bits per heavy atom. The number of aromatic amines is 1. The summed E-state index contributed by atoms with van der Waals surface area (Å²) < 4.78 is 10.9. The smallest absolute Gasteiger partial charge is 0.231 e. The van der Waals surface area contributed by atoms with Crippen molar-refractivity contribution < 1.29 is 9.47 Å². The summed E-state index contributed by atoms with van der Waals surface area (Å²) in [7, 11) is 0. The monoisotopic (exact) mass is 282 g/mol. The second-order valence-corrected chi connectivity index (χ2v) is 5.47. The summed E-state index contributed by atoms with van der Waals surface area (Å²) in [5, 5.41) is 2.32. The van der Waals surface area contributed by atoms with Crippen molar-refractivity contribution in [1.29, 1.82) is 0 Å². The van der Waals surface area contributed by atoms with Gasteiger partial charge in [-0.3, -0.25) is 0 Å². The van der Waals surface area contributed by atoms with E-state index in [0.717, 1.165) is 47.3 Å². The summed E-state index contributed by atoms with van der Waals surface area (Å²) in [6.45, 7) is 4.68. The van der Waals surface area contributed by atoms with Gasteiger partial charge < -0.3 is 14.5 Å². The van der Waals surface area contributed by atoms with Gasteiger partial charge in [-0.15, -0.1) is 0 Å². The fraction of sp³-hybridized carbons (Fsp3) is 0.353. The molecule has 0 saturated heterocycles. The maximum absolute atomic E-state index is 5.49. The van der Waals surface area contributed by atoms with Crippen molar-refractivity contribution in [1.82, 2.24) is 9.97 Å². The van der Waals surface area contributed by atoms with Crippen molar-refractivity contribution in [2.75, 3.05) is 6.79 Å². The molecule has 4 heteroatoms. The van der Waals surface area contributed by atoms with Crippen LogP contribution in [0.25, 0.3) is 21.9 Å². The Kier molecular flexibility index (Phi) is 2.77. The molecule has 0 bridgehead atoms. The van der Waals surface area contributed by atoms with Crippen LogP contribution in [0.5, 0.6) is 11.5 Å². The van der Waals surface area contributed by atoms with Gasteiger partial charge in [0.1, 0.15) is 5.65 Å². The largest absolute Gasteiger partial charge is 0.454 e. The number of pyridine rings is 1. The molecule has 0 saturated carbocycles. The van der Waals surface area contributed by atoms with E-state index in [-0.39, 0.29) is 0 Å². The Morgan fingerprint density at radius 1 is 1.10 bits per heavy atom. The van der Waals surface area contributed by atoms with Crippen LogP contribution in [-0.2, 0) is 12.8 Å². The molecule has 1 aliphatic rings. The van der Waals surface area contributed by atoms with Crippen LogP contribution < -0.4 is 9.47 Å². The van der Waals surface area contributed by atoms with Crippen LogP contribution in [0, 0.1) is 0 Å². The minimum atomic E-state index is 0.305. The molecule has 1 aromatic carbocycles. The molecular weight excluding hydrogens is 264 g/mol. The molecule has 21 heavy (non-hydrogen) atoms. The number of aryl methyl sites for hydroxylation is 2. The standard InChI is InChI=1S/C17H18N2O2/c1-3-5-13-10(4-2)6-12-11-7-15-16(21-9-20-15)8-14(11)19-17(12)18-13/h6-8H,3-5,9H2,1-2H3,(H,18,19). The van der Waals surface area contributed by atoms with Crippen molar-refractivity contribution in [2.24, 2.45) is 0 Å². The molecule has 0 spiro atoms. The number of ether oxygens (including phenoxy) is 2. The van der Waals surface area contributed by atoms with Gasteiger partial charge in [0.2, 0.25) is 6.79 Å². The molecule has 3 aromatic rings. The third kappa shape index (κ3) is 1.86. The minimum Gasteiger partial charge on any atom is -0.454 e. The lowest BCUT2D eigenvalue weighted by atomic mass is 10.0. The fourth-order valence-corrected chi connectivity index (χ4v) is 3.05. The van der Waals surface area contributed by atoms with Crippen molar-refractivity contribution in [3.63, 3.8) is 0 Å². The second kappa shape index (κ2) is 4.65. The number of nitrogens with zero attached hydrogens (tertiary/aromatic N) is 1. The summed E-state index contributed by atoms with van der Waals surface area (Å²) >= 11 is 0. The zero-order chi connectivity index (χ0) is 14.4. The predicted molar refractivity (Wildman–Crippen MR) is 83.1 cm³/mol. The van der Waals surface area contributed by atoms with E-state index in [9.17, 15) is 0 Å². The third-order valence-electron chi connectivity index (χ3n) is 4.11. The van der Waals surface area contributed by atoms with E-state index < -0.39 is 0 Å². The first-order chi connectivity index (χ1) is 10.3. The normalized spacial score (nSPS) is 13.4. The number of fused-ring (bicyclic) bond motifs is 4. The molecule has 0 fully saturated rings. The van der Waals surface area contributed by atoms with Gasteiger partial charge >= 0.3 is 0 Å². The van der Waals surface area contributed by atoms with Crippen LogP contribution in [0.1, 0.15) is 31.5 Å². The van der Waals surface area contributed by atoms with E-state index in [4.69, 9.17) is 14.5 Å². The zero-order valence-corrected chi connectivity index (χ0v) is 12.3. The highest BCUT2D eigenvalue weighted by Gasteiger charge is 2.17. The number of H-pyrrole nitrogens is 1. The Hall–Kier alpha value is -2.23. The summed E-state index contributed by atoms with van der Waals surface area (Å²) in [6.07, 6.45) is 3.15. The highest BCUT2D eigenvalue weighted by Crippen LogP contribution is 2.38. The first-order valence-electron chi connectivity index (χ1n) is 7.54. The Morgan fingerprint density at radius 3 is 2.67 bits per heavy atom. The van der Waals surface area contributed by atoms with Gasteiger partial charge in [-0.2, -0.15) is 0 Å². The predicted octanol–water partition coefficient (Wildman–Crippen LogP) is 3.96. The van der Waals surface area contributed by atoms with Crippen molar-refractivity contribution in [2.45, 2.75) is 33.1 Å². The van der Waals surface area contributed by atoms with E-state index in [1.165, 1.54) is 16.6 Å². The van der Waals surface area contributed by atoms with Crippen LogP contribution >= 0.6 is 0 Å². The number of hydrogen-bond acceptors (Lipinski definition) is 3. The number of hydrogen-bond donors (Lipinski definition) is 1. The zero-order valence-electron chi connectivity index (χ0n) is 12.3. The van der Waals surface area contributed by atoms with Crippen molar-refractivity contribution in [3.05, 3.63) is 29.5 Å². The van der Waals surface area contributed by atoms with Crippen molar-refractivity contribution >= 4 is 21.9 Å². The molecule has 0 atom stereocenters. The third-order valence-corrected chi connectivity index (χ3v) is 4.11. The van der Waals surface area contributed by atoms with E-state index in [1.54, 1.807) is 0 Å². The molecule has 3 heterocycles. The van der Waals surface area contributed by atoms with Crippen LogP contribution in [0.4, 0.5) is 0 Å². The highest BCUT2D eigenvalue weighted by molar-refractivity contribution is 6.07. The Bertz CT molecular complexity index is 836. The van der Waals surface area contributed by atoms with E-state index in [1.807, 2.05) is 6.07 Å². The van der Waals surface area contributed by atoms with Gasteiger partial charge in [-0.05, 0) is 30.5 Å². The molecule has 1 N–H and O–H groups in total. The minimum absolute atomic E-state index is 0.305. The lowest BCUT2D eigenvalue weighted by Crippen LogP contribution is -1.97. The molecule has 1 aliphatic heterocycles. The molecule has 0 aliphatic carbocycles. The van der Waals surface area contributed by atoms with Gasteiger partial charge in [-0.25, -0.2) is 4.98 Å². The second-order valence-electron chi connectivity index (χ2n) is 5.47. The SMILES string of the molecule is CCCc1nc2[nH]c3cc4c(cc3c2cc1CC)OCO4. The van der Waals surface area contributed by atoms with Crippen LogP contribution in [0.3, 0.4) is 0 Å². The lowest BCUT2D eigenvalue weighted by Gasteiger charge is -2.06. The van der Waals surface area contributed by atoms with Gasteiger partial charge in [-0.1, -0.05) is 20.3 Å². The molecule has 0 radical (unpaired) electrons. The van der Waals surface area contributed by atoms with E-state index in [0.29, 0.717) is 6.79 Å². The van der Waals surface area contributed by atoms with E-state index >= 15 is 0 Å². The Labute approximate surface area is 123 Å². The maximum atomic E-state index is 5.49. The fourth-order valence-electron chi connectivity index (χ4n) is 3.05. The van der Waals surface area contributed by atoms with Crippen LogP contribution in [0.2, 0.25) is 0 Å². The summed E-state index contributed by atoms with van der Waals surface area (Å²) in [5.74, 6) is 1.62. The van der Waals surface area contributed by atoms with E-state index in [2.05, 4.69) is 31.0 Å². The van der Waals surface area contributed by atoms with Gasteiger partial charge in [0.25, 0.3) is 0 Å². The van der Waals surface area contributed by atoms with Gasteiger partial charge in [0.15, 0.2) is 11.5 Å². The average molecular weight is 282 g/mol. The topological polar surface area (TPSA) is 47.1 Å². The summed E-state index contributed by atoms with van der Waals surface area (Å²) in [5.41, 5.74) is 4.55. The quantitative estimate of drug-likeness (QED) is 0.791. The number of nitrogens with one attached hydrogen (secondary N) is 1. The molecule has 4 nitrogen and oxygen atoms in total. The highest BCUT2D eigenvalue weighted by atomic mass is 16.7. The first kappa shape index (κ1) is 12.5. The first-order valence-corrected chi connectivity index (χ1v) is 7.54. The summed E-state index contributed by atoms with van der Waals surface area (Å²) in [4.78, 5) is 8.25. The van der Waals surface area contributed by atoms with Crippen LogP contribution in [-0.4, -0.2) is 16.8 Å². The molecular formula is C17H18N2O2. The Balaban J connectivity index is 2.00. The van der Waals surface area contributed by atoms with Gasteiger partial charge in [0, 0.05) is 22.5 Å². The molecule has 4 rings (SSSR count). The summed E-state index contributed by atoms with van der Waals surface area (Å²) in [6, 6.07) is 6.33. The number of aromatic nitrogens is 2. The average Bonchev–Trinajstić information content (AvgIpc) is 3.07. The van der Waals surface area contributed by atoms with Crippen LogP contribution in [0.15, 0.2) is 18.2 Å². The molecule has 108 valence electrons. The lowest BCUT2D eigenvalue weighted by molar-refractivity contribution is 0.174. The molecule has 0 unspecified atom stereocenters.